The number of nitrogens with one attached hydrogen (secondary N) is 1. The summed E-state index contributed by atoms with van der Waals surface area (Å²) in [7, 11) is 0. The standard InChI is InChI=1S/C18H19Cl2N5O2S2/c1-2-25-15(4-3-8-27-14-6-5-12(19)10-13(14)20)23-24-18(25)29-11-16(26)22-17-21-7-9-28-17/h5-7,9-10H,2-4,8,11H2,1H3,(H,21,22,26). The number of nitrogens with zero attached hydrogens (tertiary/aromatic N) is 4. The SMILES string of the molecule is CCn1c(CCCOc2ccc(Cl)cc2Cl)nnc1SCC(=O)Nc1nccs1. The van der Waals surface area contributed by atoms with Crippen LogP contribution in [0.25, 0.3) is 0 Å². The molecule has 1 N–H and O–H groups in total. The lowest BCUT2D eigenvalue weighted by atomic mass is 10.3. The second-order valence-corrected chi connectivity index (χ2v) is 8.52. The average molecular weight is 472 g/mol. The quantitative estimate of drug-likeness (QED) is 0.337. The van der Waals surface area contributed by atoms with E-state index in [1.54, 1.807) is 24.4 Å². The predicted molar refractivity (Wildman–Crippen MR) is 117 cm³/mol. The molecule has 0 aliphatic heterocycles. The van der Waals surface area contributed by atoms with E-state index in [1.807, 2.05) is 16.9 Å². The number of hydrogen-bond acceptors (Lipinski definition) is 7. The lowest BCUT2D eigenvalue weighted by Gasteiger charge is -2.09. The van der Waals surface area contributed by atoms with Crippen molar-refractivity contribution in [2.75, 3.05) is 17.7 Å². The van der Waals surface area contributed by atoms with Gasteiger partial charge in [0, 0.05) is 29.6 Å². The lowest BCUT2D eigenvalue weighted by molar-refractivity contribution is -0.113. The summed E-state index contributed by atoms with van der Waals surface area (Å²) in [6.45, 7) is 3.25. The first kappa shape index (κ1) is 21.9. The van der Waals surface area contributed by atoms with Crippen LogP contribution in [0.3, 0.4) is 0 Å². The van der Waals surface area contributed by atoms with E-state index in [-0.39, 0.29) is 11.7 Å². The van der Waals surface area contributed by atoms with Crippen LogP contribution in [0.2, 0.25) is 10.0 Å². The molecule has 3 aromatic rings. The van der Waals surface area contributed by atoms with Crippen LogP contribution in [-0.2, 0) is 17.8 Å². The number of aryl methyl sites for hydroxylation is 1. The zero-order valence-corrected chi connectivity index (χ0v) is 18.7. The van der Waals surface area contributed by atoms with Crippen molar-refractivity contribution in [3.63, 3.8) is 0 Å². The minimum atomic E-state index is -0.120. The van der Waals surface area contributed by atoms with Gasteiger partial charge in [-0.2, -0.15) is 0 Å². The summed E-state index contributed by atoms with van der Waals surface area (Å²) in [5.41, 5.74) is 0. The number of aromatic nitrogens is 4. The van der Waals surface area contributed by atoms with Gasteiger partial charge in [0.05, 0.1) is 17.4 Å². The third-order valence-corrected chi connectivity index (χ3v) is 6.00. The van der Waals surface area contributed by atoms with Crippen molar-refractivity contribution in [3.8, 4) is 5.75 Å². The van der Waals surface area contributed by atoms with E-state index in [1.165, 1.54) is 23.1 Å². The van der Waals surface area contributed by atoms with Crippen LogP contribution >= 0.6 is 46.3 Å². The first-order valence-corrected chi connectivity index (χ1v) is 11.5. The van der Waals surface area contributed by atoms with E-state index in [0.717, 1.165) is 23.9 Å². The Bertz CT molecular complexity index is 950. The Labute approximate surface area is 186 Å². The maximum atomic E-state index is 12.0. The van der Waals surface area contributed by atoms with Gasteiger partial charge < -0.3 is 14.6 Å². The van der Waals surface area contributed by atoms with Gasteiger partial charge in [0.15, 0.2) is 10.3 Å². The first-order chi connectivity index (χ1) is 14.1. The average Bonchev–Trinajstić information content (AvgIpc) is 3.34. The van der Waals surface area contributed by atoms with Crippen molar-refractivity contribution in [2.45, 2.75) is 31.5 Å². The van der Waals surface area contributed by atoms with Crippen LogP contribution in [-0.4, -0.2) is 38.0 Å². The van der Waals surface area contributed by atoms with Crippen LogP contribution in [0.15, 0.2) is 34.9 Å². The molecule has 29 heavy (non-hydrogen) atoms. The molecule has 0 saturated carbocycles. The molecule has 0 saturated heterocycles. The Morgan fingerprint density at radius 1 is 1.34 bits per heavy atom. The van der Waals surface area contributed by atoms with Gasteiger partial charge in [-0.25, -0.2) is 4.98 Å². The Balaban J connectivity index is 1.47. The van der Waals surface area contributed by atoms with Crippen molar-refractivity contribution >= 4 is 57.3 Å². The fourth-order valence-electron chi connectivity index (χ4n) is 2.50. The summed E-state index contributed by atoms with van der Waals surface area (Å²) in [5.74, 6) is 1.60. The predicted octanol–water partition coefficient (Wildman–Crippen LogP) is 4.80. The molecule has 1 amide bonds. The normalized spacial score (nSPS) is 10.9. The Hall–Kier alpha value is -1.81. The van der Waals surface area contributed by atoms with Crippen LogP contribution in [0, 0.1) is 0 Å². The van der Waals surface area contributed by atoms with Gasteiger partial charge in [0.1, 0.15) is 11.6 Å². The molecule has 1 aromatic carbocycles. The second kappa shape index (κ2) is 10.8. The van der Waals surface area contributed by atoms with Gasteiger partial charge in [-0.3, -0.25) is 4.79 Å². The highest BCUT2D eigenvalue weighted by Gasteiger charge is 2.14. The molecule has 2 heterocycles. The third-order valence-electron chi connectivity index (χ3n) is 3.82. The van der Waals surface area contributed by atoms with E-state index in [4.69, 9.17) is 27.9 Å². The zero-order valence-electron chi connectivity index (χ0n) is 15.6. The topological polar surface area (TPSA) is 81.9 Å². The number of anilines is 1. The van der Waals surface area contributed by atoms with E-state index < -0.39 is 0 Å². The molecule has 0 aliphatic carbocycles. The van der Waals surface area contributed by atoms with Gasteiger partial charge >= 0.3 is 0 Å². The molecule has 154 valence electrons. The maximum Gasteiger partial charge on any atom is 0.236 e. The number of thioether (sulfide) groups is 1. The van der Waals surface area contributed by atoms with E-state index in [2.05, 4.69) is 20.5 Å². The molecule has 7 nitrogen and oxygen atoms in total. The number of rotatable bonds is 10. The van der Waals surface area contributed by atoms with Gasteiger partial charge in [-0.1, -0.05) is 35.0 Å². The Kier molecular flexibility index (Phi) is 8.17. The van der Waals surface area contributed by atoms with Crippen molar-refractivity contribution in [1.82, 2.24) is 19.7 Å². The number of carbonyl (C=O) groups is 1. The zero-order chi connectivity index (χ0) is 20.6. The van der Waals surface area contributed by atoms with Crippen molar-refractivity contribution in [3.05, 3.63) is 45.6 Å². The van der Waals surface area contributed by atoms with Crippen LogP contribution < -0.4 is 10.1 Å². The van der Waals surface area contributed by atoms with E-state index >= 15 is 0 Å². The van der Waals surface area contributed by atoms with Crippen LogP contribution in [0.5, 0.6) is 5.75 Å². The molecule has 0 atom stereocenters. The Morgan fingerprint density at radius 3 is 2.93 bits per heavy atom. The van der Waals surface area contributed by atoms with Gasteiger partial charge in [-0.15, -0.1) is 21.5 Å². The molecule has 0 bridgehead atoms. The van der Waals surface area contributed by atoms with Crippen LogP contribution in [0.4, 0.5) is 5.13 Å². The van der Waals surface area contributed by atoms with Crippen molar-refractivity contribution in [1.29, 1.82) is 0 Å². The van der Waals surface area contributed by atoms with E-state index in [0.29, 0.717) is 34.0 Å². The summed E-state index contributed by atoms with van der Waals surface area (Å²) in [6, 6.07) is 5.15. The molecular weight excluding hydrogens is 453 g/mol. The number of hydrogen-bond donors (Lipinski definition) is 1. The fraction of sp³-hybridized carbons (Fsp3) is 0.333. The number of halogens is 2. The highest BCUT2D eigenvalue weighted by atomic mass is 35.5. The number of thiazole rings is 1. The number of ether oxygens (including phenoxy) is 1. The van der Waals surface area contributed by atoms with Crippen molar-refractivity contribution < 1.29 is 9.53 Å². The smallest absolute Gasteiger partial charge is 0.236 e. The highest BCUT2D eigenvalue weighted by Crippen LogP contribution is 2.27. The molecule has 0 fully saturated rings. The fourth-order valence-corrected chi connectivity index (χ4v) is 4.33. The maximum absolute atomic E-state index is 12.0. The molecule has 0 aliphatic rings. The molecular formula is C18H19Cl2N5O2S2. The summed E-state index contributed by atoms with van der Waals surface area (Å²) in [6.07, 6.45) is 3.11. The summed E-state index contributed by atoms with van der Waals surface area (Å²) in [4.78, 5) is 16.1. The van der Waals surface area contributed by atoms with E-state index in [9.17, 15) is 4.79 Å². The van der Waals surface area contributed by atoms with Crippen LogP contribution in [0.1, 0.15) is 19.2 Å². The molecule has 3 rings (SSSR count). The lowest BCUT2D eigenvalue weighted by Crippen LogP contribution is -2.14. The Morgan fingerprint density at radius 2 is 2.21 bits per heavy atom. The third kappa shape index (κ3) is 6.33. The molecule has 2 aromatic heterocycles. The minimum absolute atomic E-state index is 0.120. The second-order valence-electron chi connectivity index (χ2n) is 5.84. The monoisotopic (exact) mass is 471 g/mol. The number of carbonyl (C=O) groups excluding carboxylic acids is 1. The largest absolute Gasteiger partial charge is 0.492 e. The molecule has 0 unspecified atom stereocenters. The summed E-state index contributed by atoms with van der Waals surface area (Å²) >= 11 is 14.7. The molecule has 0 radical (unpaired) electrons. The summed E-state index contributed by atoms with van der Waals surface area (Å²) in [5, 5.41) is 15.4. The first-order valence-electron chi connectivity index (χ1n) is 8.89. The van der Waals surface area contributed by atoms with Gasteiger partial charge in [-0.05, 0) is 31.5 Å². The highest BCUT2D eigenvalue weighted by molar-refractivity contribution is 7.99. The van der Waals surface area contributed by atoms with Gasteiger partial charge in [0.25, 0.3) is 0 Å². The number of benzene rings is 1. The minimum Gasteiger partial charge on any atom is -0.492 e. The molecule has 0 spiro atoms. The van der Waals surface area contributed by atoms with Crippen molar-refractivity contribution in [2.24, 2.45) is 0 Å². The van der Waals surface area contributed by atoms with Gasteiger partial charge in [0.2, 0.25) is 5.91 Å². The number of amides is 1. The molecule has 11 heteroatoms. The summed E-state index contributed by atoms with van der Waals surface area (Å²) < 4.78 is 7.72.